The minimum atomic E-state index is -0.749. The van der Waals surface area contributed by atoms with Gasteiger partial charge in [0, 0.05) is 17.1 Å². The van der Waals surface area contributed by atoms with E-state index in [1.54, 1.807) is 23.7 Å². The summed E-state index contributed by atoms with van der Waals surface area (Å²) in [6.07, 6.45) is 1.60. The molecule has 1 fully saturated rings. The van der Waals surface area contributed by atoms with Crippen molar-refractivity contribution in [2.45, 2.75) is 39.2 Å². The van der Waals surface area contributed by atoms with Gasteiger partial charge < -0.3 is 5.11 Å². The Balaban J connectivity index is 1.90. The van der Waals surface area contributed by atoms with Crippen molar-refractivity contribution in [3.63, 3.8) is 0 Å². The third-order valence-corrected chi connectivity index (χ3v) is 6.26. The first kappa shape index (κ1) is 21.0. The van der Waals surface area contributed by atoms with Crippen molar-refractivity contribution in [2.75, 3.05) is 4.90 Å². The summed E-state index contributed by atoms with van der Waals surface area (Å²) in [5.41, 5.74) is 3.47. The maximum Gasteiger partial charge on any atom is 0.301 e. The molecule has 6 heteroatoms. The molecule has 5 nitrogen and oxygen atoms in total. The second-order valence-electron chi connectivity index (χ2n) is 8.72. The summed E-state index contributed by atoms with van der Waals surface area (Å²) in [6, 6.07) is 14.3. The van der Waals surface area contributed by atoms with Gasteiger partial charge in [-0.05, 0) is 23.5 Å². The van der Waals surface area contributed by atoms with Crippen LogP contribution in [0.5, 0.6) is 0 Å². The van der Waals surface area contributed by atoms with Gasteiger partial charge in [-0.25, -0.2) is 4.98 Å². The molecule has 1 aliphatic rings. The summed E-state index contributed by atoms with van der Waals surface area (Å²) in [4.78, 5) is 31.7. The average Bonchev–Trinajstić information content (AvgIpc) is 3.34. The third kappa shape index (κ3) is 3.79. The van der Waals surface area contributed by atoms with Crippen molar-refractivity contribution >= 4 is 33.9 Å². The molecule has 2 aromatic carbocycles. The Labute approximate surface area is 185 Å². The highest BCUT2D eigenvalue weighted by Gasteiger charge is 2.48. The number of thiazole rings is 1. The fourth-order valence-electron chi connectivity index (χ4n) is 3.71. The summed E-state index contributed by atoms with van der Waals surface area (Å²) >= 11 is 1.28. The number of hydrogen-bond donors (Lipinski definition) is 1. The molecule has 1 N–H and O–H groups in total. The molecule has 1 aliphatic heterocycles. The molecule has 0 saturated carbocycles. The maximum atomic E-state index is 13.1. The number of hydrogen-bond acceptors (Lipinski definition) is 5. The van der Waals surface area contributed by atoms with Gasteiger partial charge in [0.2, 0.25) is 0 Å². The normalized spacial score (nSPS) is 18.6. The molecule has 158 valence electrons. The highest BCUT2D eigenvalue weighted by atomic mass is 32.1. The lowest BCUT2D eigenvalue weighted by molar-refractivity contribution is -0.132. The number of anilines is 1. The lowest BCUT2D eigenvalue weighted by Gasteiger charge is -2.24. The Kier molecular flexibility index (Phi) is 5.27. The van der Waals surface area contributed by atoms with Crippen molar-refractivity contribution in [3.8, 4) is 0 Å². The fourth-order valence-corrected chi connectivity index (χ4v) is 4.38. The number of ketones is 1. The molecule has 0 bridgehead atoms. The van der Waals surface area contributed by atoms with E-state index in [4.69, 9.17) is 0 Å². The van der Waals surface area contributed by atoms with E-state index >= 15 is 0 Å². The molecule has 1 saturated heterocycles. The Morgan fingerprint density at radius 1 is 1.03 bits per heavy atom. The van der Waals surface area contributed by atoms with E-state index in [1.807, 2.05) is 43.3 Å². The number of aromatic nitrogens is 1. The summed E-state index contributed by atoms with van der Waals surface area (Å²) < 4.78 is 0. The number of amides is 1. The first-order valence-electron chi connectivity index (χ1n) is 10.1. The molecule has 0 radical (unpaired) electrons. The van der Waals surface area contributed by atoms with E-state index in [2.05, 4.69) is 25.8 Å². The molecule has 0 spiro atoms. The van der Waals surface area contributed by atoms with Crippen molar-refractivity contribution < 1.29 is 14.7 Å². The van der Waals surface area contributed by atoms with E-state index < -0.39 is 17.7 Å². The first-order chi connectivity index (χ1) is 14.7. The zero-order valence-corrected chi connectivity index (χ0v) is 18.7. The lowest BCUT2D eigenvalue weighted by atomic mass is 9.85. The largest absolute Gasteiger partial charge is 0.507 e. The molecule has 31 heavy (non-hydrogen) atoms. The first-order valence-corrected chi connectivity index (χ1v) is 10.9. The number of Topliss-reactive ketones (excluding diaryl/α,β-unsaturated/α-hetero) is 1. The minimum Gasteiger partial charge on any atom is -0.507 e. The minimum absolute atomic E-state index is 0.0302. The SMILES string of the molecule is Cc1ccc(/C(O)=C2\C(=O)C(=O)N(c3nccs3)C2c2ccc(C(C)(C)C)cc2)cc1. The van der Waals surface area contributed by atoms with Crippen LogP contribution >= 0.6 is 11.3 Å². The van der Waals surface area contributed by atoms with Crippen LogP contribution in [0.25, 0.3) is 5.76 Å². The zero-order chi connectivity index (χ0) is 22.3. The van der Waals surface area contributed by atoms with Gasteiger partial charge in [-0.15, -0.1) is 11.3 Å². The topological polar surface area (TPSA) is 70.5 Å². The fraction of sp³-hybridized carbons (Fsp3) is 0.240. The van der Waals surface area contributed by atoms with Crippen molar-refractivity contribution in [2.24, 2.45) is 0 Å². The number of benzene rings is 2. The number of nitrogens with zero attached hydrogens (tertiary/aromatic N) is 2. The van der Waals surface area contributed by atoms with Gasteiger partial charge in [0.1, 0.15) is 5.76 Å². The number of carbonyl (C=O) groups excluding carboxylic acids is 2. The van der Waals surface area contributed by atoms with Gasteiger partial charge in [-0.1, -0.05) is 74.9 Å². The van der Waals surface area contributed by atoms with Gasteiger partial charge in [0.25, 0.3) is 5.78 Å². The second-order valence-corrected chi connectivity index (χ2v) is 9.59. The summed E-state index contributed by atoms with van der Waals surface area (Å²) in [5, 5.41) is 13.3. The second kappa shape index (κ2) is 7.78. The van der Waals surface area contributed by atoms with Crippen LogP contribution in [-0.2, 0) is 15.0 Å². The van der Waals surface area contributed by atoms with E-state index in [0.717, 1.165) is 16.7 Å². The van der Waals surface area contributed by atoms with E-state index in [-0.39, 0.29) is 16.7 Å². The maximum absolute atomic E-state index is 13.1. The third-order valence-electron chi connectivity index (χ3n) is 5.49. The standard InChI is InChI=1S/C25H24N2O3S/c1-15-5-7-17(8-6-15)21(28)19-20(16-9-11-18(12-10-16)25(2,3)4)27(23(30)22(19)29)24-26-13-14-31-24/h5-14,20,28H,1-4H3/b21-19+. The van der Waals surface area contributed by atoms with E-state index in [9.17, 15) is 14.7 Å². The molecular formula is C25H24N2O3S. The number of aliphatic hydroxyl groups is 1. The van der Waals surface area contributed by atoms with Crippen LogP contribution in [0.15, 0.2) is 65.7 Å². The van der Waals surface area contributed by atoms with Crippen LogP contribution in [0.4, 0.5) is 5.13 Å². The average molecular weight is 433 g/mol. The summed E-state index contributed by atoms with van der Waals surface area (Å²) in [6.45, 7) is 8.32. The summed E-state index contributed by atoms with van der Waals surface area (Å²) in [5.74, 6) is -1.58. The smallest absolute Gasteiger partial charge is 0.301 e. The molecule has 1 atom stereocenters. The van der Waals surface area contributed by atoms with Crippen LogP contribution in [0.3, 0.4) is 0 Å². The van der Waals surface area contributed by atoms with Crippen molar-refractivity contribution in [1.29, 1.82) is 0 Å². The molecule has 0 aliphatic carbocycles. The van der Waals surface area contributed by atoms with Crippen LogP contribution in [0.2, 0.25) is 0 Å². The Morgan fingerprint density at radius 3 is 2.23 bits per heavy atom. The van der Waals surface area contributed by atoms with Gasteiger partial charge in [-0.3, -0.25) is 14.5 Å². The molecule has 1 unspecified atom stereocenters. The molecular weight excluding hydrogens is 408 g/mol. The van der Waals surface area contributed by atoms with Crippen LogP contribution < -0.4 is 4.90 Å². The predicted molar refractivity (Wildman–Crippen MR) is 123 cm³/mol. The quantitative estimate of drug-likeness (QED) is 0.343. The van der Waals surface area contributed by atoms with E-state index in [1.165, 1.54) is 16.2 Å². The zero-order valence-electron chi connectivity index (χ0n) is 17.9. The molecule has 2 heterocycles. The predicted octanol–water partition coefficient (Wildman–Crippen LogP) is 5.38. The molecule has 1 amide bonds. The number of carbonyl (C=O) groups is 2. The molecule has 4 rings (SSSR count). The Morgan fingerprint density at radius 2 is 1.68 bits per heavy atom. The van der Waals surface area contributed by atoms with Crippen LogP contribution in [-0.4, -0.2) is 21.8 Å². The number of rotatable bonds is 3. The lowest BCUT2D eigenvalue weighted by Crippen LogP contribution is -2.29. The molecule has 3 aromatic rings. The monoisotopic (exact) mass is 432 g/mol. The van der Waals surface area contributed by atoms with Gasteiger partial charge in [0.05, 0.1) is 11.6 Å². The van der Waals surface area contributed by atoms with Crippen molar-refractivity contribution in [1.82, 2.24) is 4.98 Å². The van der Waals surface area contributed by atoms with Gasteiger partial charge in [0.15, 0.2) is 5.13 Å². The number of aryl methyl sites for hydroxylation is 1. The summed E-state index contributed by atoms with van der Waals surface area (Å²) in [7, 11) is 0. The van der Waals surface area contributed by atoms with Crippen LogP contribution in [0.1, 0.15) is 49.1 Å². The highest BCUT2D eigenvalue weighted by Crippen LogP contribution is 2.43. The highest BCUT2D eigenvalue weighted by molar-refractivity contribution is 7.14. The Bertz CT molecular complexity index is 1150. The number of aliphatic hydroxyl groups excluding tert-OH is 1. The molecule has 1 aromatic heterocycles. The van der Waals surface area contributed by atoms with Crippen LogP contribution in [0, 0.1) is 6.92 Å². The van der Waals surface area contributed by atoms with E-state index in [0.29, 0.717) is 10.7 Å². The van der Waals surface area contributed by atoms with Gasteiger partial charge in [-0.2, -0.15) is 0 Å². The van der Waals surface area contributed by atoms with Crippen molar-refractivity contribution in [3.05, 3.63) is 87.9 Å². The van der Waals surface area contributed by atoms with Gasteiger partial charge >= 0.3 is 5.91 Å². The Hall–Kier alpha value is -3.25.